The molecule has 0 aromatic rings. The molecule has 0 unspecified atom stereocenters. The van der Waals surface area contributed by atoms with Crippen molar-refractivity contribution in [3.63, 3.8) is 0 Å². The van der Waals surface area contributed by atoms with Crippen molar-refractivity contribution in [2.24, 2.45) is 5.41 Å². The number of fused-ring (bicyclic) bond motifs is 1. The summed E-state index contributed by atoms with van der Waals surface area (Å²) < 4.78 is 0. The van der Waals surface area contributed by atoms with Crippen molar-refractivity contribution in [2.45, 2.75) is 19.4 Å². The molecule has 0 aromatic carbocycles. The minimum atomic E-state index is -0.295. The van der Waals surface area contributed by atoms with Gasteiger partial charge in [0.1, 0.15) is 0 Å². The fourth-order valence-corrected chi connectivity index (χ4v) is 2.09. The zero-order valence-electron chi connectivity index (χ0n) is 7.66. The summed E-state index contributed by atoms with van der Waals surface area (Å²) in [5.74, 6) is 0.214. The first-order valence-electron chi connectivity index (χ1n) is 4.18. The monoisotopic (exact) mass is 163 g/mol. The summed E-state index contributed by atoms with van der Waals surface area (Å²) in [5, 5.41) is 0. The third kappa shape index (κ3) is 0.521. The summed E-state index contributed by atoms with van der Waals surface area (Å²) in [6.07, 6.45) is 8.04. The molecule has 0 bridgehead atoms. The van der Waals surface area contributed by atoms with Gasteiger partial charge in [-0.05, 0) is 13.8 Å². The molecule has 2 aliphatic rings. The maximum absolute atomic E-state index is 11.6. The van der Waals surface area contributed by atoms with Gasteiger partial charge in [0.05, 0.1) is 11.0 Å². The van der Waals surface area contributed by atoms with Crippen LogP contribution in [0, 0.1) is 5.41 Å². The summed E-state index contributed by atoms with van der Waals surface area (Å²) in [6, 6.07) is 0. The van der Waals surface area contributed by atoms with E-state index in [2.05, 4.69) is 13.0 Å². The number of amides is 1. The summed E-state index contributed by atoms with van der Waals surface area (Å²) in [4.78, 5) is 13.4. The molecular weight excluding hydrogens is 150 g/mol. The normalized spacial score (nSPS) is 44.2. The van der Waals surface area contributed by atoms with E-state index in [9.17, 15) is 4.79 Å². The van der Waals surface area contributed by atoms with Gasteiger partial charge in [0.15, 0.2) is 0 Å². The van der Waals surface area contributed by atoms with E-state index in [-0.39, 0.29) is 16.9 Å². The van der Waals surface area contributed by atoms with Crippen molar-refractivity contribution < 1.29 is 4.79 Å². The Hall–Kier alpha value is -1.05. The number of allylic oxidation sites excluding steroid dienone is 2. The number of rotatable bonds is 0. The van der Waals surface area contributed by atoms with E-state index in [0.29, 0.717) is 0 Å². The highest BCUT2D eigenvalue weighted by atomic mass is 16.2. The number of carbonyl (C=O) groups excluding carboxylic acids is 1. The molecule has 1 saturated heterocycles. The molecule has 64 valence electrons. The van der Waals surface area contributed by atoms with Crippen molar-refractivity contribution in [1.29, 1.82) is 0 Å². The first kappa shape index (κ1) is 7.59. The van der Waals surface area contributed by atoms with Gasteiger partial charge in [-0.15, -0.1) is 0 Å². The Balaban J connectivity index is 2.49. The maximum atomic E-state index is 11.6. The van der Waals surface area contributed by atoms with Gasteiger partial charge in [-0.25, -0.2) is 0 Å². The Bertz CT molecular complexity index is 305. The SMILES string of the molecule is CN1C(=O)[C@]2(C)C=CC=C[C@]12C. The average molecular weight is 163 g/mol. The highest BCUT2D eigenvalue weighted by Crippen LogP contribution is 2.50. The number of carbonyl (C=O) groups is 1. The summed E-state index contributed by atoms with van der Waals surface area (Å²) >= 11 is 0. The van der Waals surface area contributed by atoms with Gasteiger partial charge < -0.3 is 4.90 Å². The molecule has 0 aromatic heterocycles. The van der Waals surface area contributed by atoms with Gasteiger partial charge in [-0.2, -0.15) is 0 Å². The second kappa shape index (κ2) is 1.82. The van der Waals surface area contributed by atoms with Crippen LogP contribution < -0.4 is 0 Å². The lowest BCUT2D eigenvalue weighted by Gasteiger charge is -2.59. The fraction of sp³-hybridized carbons (Fsp3) is 0.500. The zero-order valence-corrected chi connectivity index (χ0v) is 7.66. The predicted octanol–water partition coefficient (Wildman–Crippen LogP) is 1.35. The predicted molar refractivity (Wildman–Crippen MR) is 47.6 cm³/mol. The molecule has 1 aliphatic carbocycles. The van der Waals surface area contributed by atoms with E-state index in [1.165, 1.54) is 0 Å². The number of β-lactam (4-membered cyclic amide) rings is 1. The Kier molecular flexibility index (Phi) is 1.15. The lowest BCUT2D eigenvalue weighted by molar-refractivity contribution is -0.169. The Morgan fingerprint density at radius 3 is 2.42 bits per heavy atom. The van der Waals surface area contributed by atoms with E-state index in [1.807, 2.05) is 32.2 Å². The van der Waals surface area contributed by atoms with Crippen LogP contribution in [0.3, 0.4) is 0 Å². The molecular formula is C10H13NO. The molecule has 1 fully saturated rings. The number of likely N-dealkylation sites (tertiary alicyclic amines) is 1. The van der Waals surface area contributed by atoms with Crippen LogP contribution >= 0.6 is 0 Å². The largest absolute Gasteiger partial charge is 0.335 e. The lowest BCUT2D eigenvalue weighted by atomic mass is 9.60. The van der Waals surface area contributed by atoms with E-state index in [4.69, 9.17) is 0 Å². The molecule has 2 rings (SSSR count). The van der Waals surface area contributed by atoms with Crippen LogP contribution in [-0.2, 0) is 4.79 Å². The summed E-state index contributed by atoms with van der Waals surface area (Å²) in [6.45, 7) is 4.09. The molecule has 2 nitrogen and oxygen atoms in total. The van der Waals surface area contributed by atoms with Crippen LogP contribution in [0.4, 0.5) is 0 Å². The van der Waals surface area contributed by atoms with E-state index >= 15 is 0 Å². The van der Waals surface area contributed by atoms with Gasteiger partial charge in [0, 0.05) is 7.05 Å². The topological polar surface area (TPSA) is 20.3 Å². The maximum Gasteiger partial charge on any atom is 0.235 e. The van der Waals surface area contributed by atoms with Crippen LogP contribution in [0.2, 0.25) is 0 Å². The van der Waals surface area contributed by atoms with Gasteiger partial charge in [0.25, 0.3) is 0 Å². The fourth-order valence-electron chi connectivity index (χ4n) is 2.09. The first-order valence-corrected chi connectivity index (χ1v) is 4.18. The molecule has 0 spiro atoms. The highest BCUT2D eigenvalue weighted by Gasteiger charge is 2.62. The van der Waals surface area contributed by atoms with Crippen LogP contribution in [0.1, 0.15) is 13.8 Å². The smallest absolute Gasteiger partial charge is 0.235 e. The van der Waals surface area contributed by atoms with E-state index in [1.54, 1.807) is 4.90 Å². The number of hydrogen-bond donors (Lipinski definition) is 0. The van der Waals surface area contributed by atoms with E-state index < -0.39 is 0 Å². The molecule has 1 aliphatic heterocycles. The minimum absolute atomic E-state index is 0.0984. The third-order valence-corrected chi connectivity index (χ3v) is 3.46. The molecule has 2 heteroatoms. The summed E-state index contributed by atoms with van der Waals surface area (Å²) in [7, 11) is 1.85. The minimum Gasteiger partial charge on any atom is -0.335 e. The molecule has 1 heterocycles. The van der Waals surface area contributed by atoms with E-state index in [0.717, 1.165) is 0 Å². The molecule has 1 amide bonds. The molecule has 0 saturated carbocycles. The number of hydrogen-bond acceptors (Lipinski definition) is 1. The average Bonchev–Trinajstić information content (AvgIpc) is 2.08. The molecule has 12 heavy (non-hydrogen) atoms. The molecule has 0 radical (unpaired) electrons. The van der Waals surface area contributed by atoms with Crippen molar-refractivity contribution in [2.75, 3.05) is 7.05 Å². The van der Waals surface area contributed by atoms with Crippen LogP contribution in [0.5, 0.6) is 0 Å². The van der Waals surface area contributed by atoms with Crippen molar-refractivity contribution in [3.05, 3.63) is 24.3 Å². The van der Waals surface area contributed by atoms with Gasteiger partial charge >= 0.3 is 0 Å². The second-order valence-corrected chi connectivity index (χ2v) is 3.93. The van der Waals surface area contributed by atoms with Crippen molar-refractivity contribution >= 4 is 5.91 Å². The van der Waals surface area contributed by atoms with Crippen molar-refractivity contribution in [3.8, 4) is 0 Å². The third-order valence-electron chi connectivity index (χ3n) is 3.46. The lowest BCUT2D eigenvalue weighted by Crippen LogP contribution is -2.73. The first-order chi connectivity index (χ1) is 5.52. The Morgan fingerprint density at radius 2 is 1.83 bits per heavy atom. The quantitative estimate of drug-likeness (QED) is 0.494. The van der Waals surface area contributed by atoms with Crippen LogP contribution in [0.15, 0.2) is 24.3 Å². The number of likely N-dealkylation sites (N-methyl/N-ethyl adjacent to an activating group) is 1. The Labute approximate surface area is 72.6 Å². The Morgan fingerprint density at radius 1 is 1.25 bits per heavy atom. The zero-order chi connectivity index (χ0) is 8.98. The second-order valence-electron chi connectivity index (χ2n) is 3.93. The highest BCUT2D eigenvalue weighted by molar-refractivity contribution is 5.94. The van der Waals surface area contributed by atoms with Crippen LogP contribution in [0.25, 0.3) is 0 Å². The van der Waals surface area contributed by atoms with Crippen molar-refractivity contribution in [1.82, 2.24) is 4.90 Å². The standard InChI is InChI=1S/C10H13NO/c1-9-6-4-5-7-10(9,2)11(3)8(9)12/h4-7H,1-3H3/t9-,10-/m0/s1. The van der Waals surface area contributed by atoms with Gasteiger partial charge in [0.2, 0.25) is 5.91 Å². The molecule has 2 atom stereocenters. The van der Waals surface area contributed by atoms with Gasteiger partial charge in [-0.3, -0.25) is 4.79 Å². The molecule has 0 N–H and O–H groups in total. The summed E-state index contributed by atoms with van der Waals surface area (Å²) in [5.41, 5.74) is -0.394. The van der Waals surface area contributed by atoms with Crippen LogP contribution in [-0.4, -0.2) is 23.4 Å². The number of nitrogens with zero attached hydrogens (tertiary/aromatic N) is 1. The van der Waals surface area contributed by atoms with Gasteiger partial charge in [-0.1, -0.05) is 24.3 Å².